The molecule has 2 aromatic carbocycles. The second-order valence-electron chi connectivity index (χ2n) is 4.50. The fourth-order valence-electron chi connectivity index (χ4n) is 2.00. The Balaban J connectivity index is 2.41. The lowest BCUT2D eigenvalue weighted by atomic mass is 10.00. The van der Waals surface area contributed by atoms with Crippen LogP contribution in [0.4, 0.5) is 4.39 Å². The Kier molecular flexibility index (Phi) is 3.91. The minimum atomic E-state index is -0.278. The van der Waals surface area contributed by atoms with Crippen molar-refractivity contribution in [3.8, 4) is 11.1 Å². The number of rotatable bonds is 3. The van der Waals surface area contributed by atoms with Gasteiger partial charge in [0.1, 0.15) is 5.82 Å². The maximum Gasteiger partial charge on any atom is 0.152 e. The molecule has 0 radical (unpaired) electrons. The molecule has 0 amide bonds. The number of carbonyl (C=O) groups excluding carboxylic acids is 1. The molecule has 2 rings (SSSR count). The van der Waals surface area contributed by atoms with Crippen LogP contribution in [0.15, 0.2) is 54.6 Å². The van der Waals surface area contributed by atoms with Crippen LogP contribution in [0.1, 0.15) is 19.4 Å². The van der Waals surface area contributed by atoms with Crippen LogP contribution < -0.4 is 0 Å². The first-order chi connectivity index (χ1) is 9.08. The van der Waals surface area contributed by atoms with E-state index in [4.69, 9.17) is 0 Å². The first kappa shape index (κ1) is 13.2. The van der Waals surface area contributed by atoms with Crippen molar-refractivity contribution >= 4 is 11.4 Å². The Labute approximate surface area is 112 Å². The van der Waals surface area contributed by atoms with Gasteiger partial charge < -0.3 is 0 Å². The number of carbonyl (C=O) groups is 1. The van der Waals surface area contributed by atoms with Gasteiger partial charge in [0.25, 0.3) is 0 Å². The summed E-state index contributed by atoms with van der Waals surface area (Å²) in [4.78, 5) is 11.0. The van der Waals surface area contributed by atoms with E-state index in [-0.39, 0.29) is 11.6 Å². The summed E-state index contributed by atoms with van der Waals surface area (Å²) in [6.45, 7) is 3.29. The lowest BCUT2D eigenvalue weighted by Gasteiger charge is -2.06. The van der Waals surface area contributed by atoms with Crippen molar-refractivity contribution in [2.24, 2.45) is 0 Å². The number of halogens is 1. The Morgan fingerprint density at radius 2 is 1.74 bits per heavy atom. The summed E-state index contributed by atoms with van der Waals surface area (Å²) in [6.07, 6.45) is 1.51. The molecule has 1 nitrogen and oxygen atoms in total. The van der Waals surface area contributed by atoms with Crippen LogP contribution in [-0.2, 0) is 4.79 Å². The fourth-order valence-corrected chi connectivity index (χ4v) is 2.00. The molecule has 0 spiro atoms. The van der Waals surface area contributed by atoms with Crippen LogP contribution in [0.2, 0.25) is 0 Å². The first-order valence-electron chi connectivity index (χ1n) is 6.12. The Morgan fingerprint density at radius 1 is 1.05 bits per heavy atom. The summed E-state index contributed by atoms with van der Waals surface area (Å²) in [6, 6.07) is 14.4. The summed E-state index contributed by atoms with van der Waals surface area (Å²) in [5, 5.41) is 0. The Hall–Kier alpha value is -2.22. The van der Waals surface area contributed by atoms with Gasteiger partial charge in [0, 0.05) is 5.56 Å². The van der Waals surface area contributed by atoms with E-state index >= 15 is 0 Å². The maximum absolute atomic E-state index is 14.1. The molecule has 0 aromatic heterocycles. The minimum absolute atomic E-state index is 0.0370. The van der Waals surface area contributed by atoms with E-state index < -0.39 is 0 Å². The van der Waals surface area contributed by atoms with E-state index in [1.54, 1.807) is 13.0 Å². The molecule has 0 aliphatic heterocycles. The summed E-state index contributed by atoms with van der Waals surface area (Å²) in [7, 11) is 0. The molecular weight excluding hydrogens is 239 g/mol. The molecule has 0 aliphatic rings. The Morgan fingerprint density at radius 3 is 2.32 bits per heavy atom. The third kappa shape index (κ3) is 3.16. The second-order valence-corrected chi connectivity index (χ2v) is 4.50. The van der Waals surface area contributed by atoms with Gasteiger partial charge in [-0.3, -0.25) is 4.79 Å². The van der Waals surface area contributed by atoms with Gasteiger partial charge in [-0.1, -0.05) is 42.5 Å². The van der Waals surface area contributed by atoms with Crippen molar-refractivity contribution in [3.63, 3.8) is 0 Å². The van der Waals surface area contributed by atoms with E-state index in [2.05, 4.69) is 0 Å². The standard InChI is InChI=1S/C17H15FO/c1-12(10-13(2)19)15-8-9-16(17(18)11-15)14-6-4-3-5-7-14/h3-11H,1-2H3. The van der Waals surface area contributed by atoms with Crippen molar-refractivity contribution < 1.29 is 9.18 Å². The summed E-state index contributed by atoms with van der Waals surface area (Å²) < 4.78 is 14.1. The summed E-state index contributed by atoms with van der Waals surface area (Å²) in [5.74, 6) is -0.315. The van der Waals surface area contributed by atoms with E-state index in [0.717, 1.165) is 16.7 Å². The maximum atomic E-state index is 14.1. The van der Waals surface area contributed by atoms with Gasteiger partial charge in [-0.2, -0.15) is 0 Å². The fraction of sp³-hybridized carbons (Fsp3) is 0.118. The van der Waals surface area contributed by atoms with Crippen LogP contribution in [-0.4, -0.2) is 5.78 Å². The smallest absolute Gasteiger partial charge is 0.152 e. The van der Waals surface area contributed by atoms with Crippen LogP contribution in [0.3, 0.4) is 0 Å². The van der Waals surface area contributed by atoms with Gasteiger partial charge in [-0.15, -0.1) is 0 Å². The van der Waals surface area contributed by atoms with Crippen molar-refractivity contribution in [2.45, 2.75) is 13.8 Å². The predicted octanol–water partition coefficient (Wildman–Crippen LogP) is 4.49. The van der Waals surface area contributed by atoms with Crippen molar-refractivity contribution in [2.75, 3.05) is 0 Å². The molecule has 2 aromatic rings. The molecule has 2 heteroatoms. The highest BCUT2D eigenvalue weighted by Crippen LogP contribution is 2.25. The molecule has 19 heavy (non-hydrogen) atoms. The normalized spacial score (nSPS) is 11.4. The number of hydrogen-bond acceptors (Lipinski definition) is 1. The molecule has 0 fully saturated rings. The van der Waals surface area contributed by atoms with Gasteiger partial charge in [0.15, 0.2) is 5.78 Å². The van der Waals surface area contributed by atoms with E-state index in [0.29, 0.717) is 5.56 Å². The third-order valence-corrected chi connectivity index (χ3v) is 2.93. The monoisotopic (exact) mass is 254 g/mol. The number of hydrogen-bond donors (Lipinski definition) is 0. The zero-order valence-corrected chi connectivity index (χ0v) is 11.0. The minimum Gasteiger partial charge on any atom is -0.295 e. The largest absolute Gasteiger partial charge is 0.295 e. The topological polar surface area (TPSA) is 17.1 Å². The number of allylic oxidation sites excluding steroid dienone is 2. The van der Waals surface area contributed by atoms with E-state index in [1.165, 1.54) is 19.1 Å². The molecule has 0 aliphatic carbocycles. The molecular formula is C17H15FO. The number of ketones is 1. The van der Waals surface area contributed by atoms with Crippen LogP contribution >= 0.6 is 0 Å². The number of benzene rings is 2. The third-order valence-electron chi connectivity index (χ3n) is 2.93. The predicted molar refractivity (Wildman–Crippen MR) is 76.2 cm³/mol. The SMILES string of the molecule is CC(=O)C=C(C)c1ccc(-c2ccccc2)c(F)c1. The molecule has 0 heterocycles. The molecule has 96 valence electrons. The van der Waals surface area contributed by atoms with Gasteiger partial charge in [-0.25, -0.2) is 4.39 Å². The zero-order chi connectivity index (χ0) is 13.8. The van der Waals surface area contributed by atoms with Gasteiger partial charge in [-0.05, 0) is 42.7 Å². The average molecular weight is 254 g/mol. The second kappa shape index (κ2) is 5.61. The van der Waals surface area contributed by atoms with E-state index in [1.807, 2.05) is 36.4 Å². The van der Waals surface area contributed by atoms with Crippen molar-refractivity contribution in [1.29, 1.82) is 0 Å². The van der Waals surface area contributed by atoms with Crippen LogP contribution in [0, 0.1) is 5.82 Å². The quantitative estimate of drug-likeness (QED) is 0.738. The molecule has 0 bridgehead atoms. The van der Waals surface area contributed by atoms with E-state index in [9.17, 15) is 9.18 Å². The average Bonchev–Trinajstić information content (AvgIpc) is 2.38. The van der Waals surface area contributed by atoms with Gasteiger partial charge in [0.05, 0.1) is 0 Å². The van der Waals surface area contributed by atoms with Crippen molar-refractivity contribution in [3.05, 3.63) is 66.0 Å². The van der Waals surface area contributed by atoms with Crippen molar-refractivity contribution in [1.82, 2.24) is 0 Å². The molecule has 0 N–H and O–H groups in total. The van der Waals surface area contributed by atoms with Gasteiger partial charge in [0.2, 0.25) is 0 Å². The molecule has 0 unspecified atom stereocenters. The molecule has 0 saturated carbocycles. The van der Waals surface area contributed by atoms with Gasteiger partial charge >= 0.3 is 0 Å². The lowest BCUT2D eigenvalue weighted by molar-refractivity contribution is -0.112. The molecule has 0 atom stereocenters. The summed E-state index contributed by atoms with van der Waals surface area (Å²) >= 11 is 0. The highest BCUT2D eigenvalue weighted by molar-refractivity contribution is 5.94. The lowest BCUT2D eigenvalue weighted by Crippen LogP contribution is -1.90. The Bertz CT molecular complexity index is 627. The first-order valence-corrected chi connectivity index (χ1v) is 6.12. The van der Waals surface area contributed by atoms with Crippen LogP contribution in [0.5, 0.6) is 0 Å². The summed E-state index contributed by atoms with van der Waals surface area (Å²) in [5.41, 5.74) is 2.91. The zero-order valence-electron chi connectivity index (χ0n) is 11.0. The molecule has 0 saturated heterocycles. The van der Waals surface area contributed by atoms with Crippen LogP contribution in [0.25, 0.3) is 16.7 Å². The highest BCUT2D eigenvalue weighted by atomic mass is 19.1. The highest BCUT2D eigenvalue weighted by Gasteiger charge is 2.06.